The van der Waals surface area contributed by atoms with Crippen LogP contribution in [0.2, 0.25) is 0 Å². The number of piperidine rings is 1. The van der Waals surface area contributed by atoms with Crippen molar-refractivity contribution in [3.8, 4) is 5.75 Å². The largest absolute Gasteiger partial charge is 0.494 e. The van der Waals surface area contributed by atoms with Crippen LogP contribution in [0.25, 0.3) is 0 Å². The Morgan fingerprint density at radius 2 is 1.73 bits per heavy atom. The molecule has 3 aliphatic rings. The molecule has 0 amide bonds. The molecule has 3 nitrogen and oxygen atoms in total. The second-order valence-electron chi connectivity index (χ2n) is 9.15. The number of likely N-dealkylation sites (tertiary alicyclic amines) is 1. The van der Waals surface area contributed by atoms with Crippen molar-refractivity contribution < 1.29 is 4.74 Å². The summed E-state index contributed by atoms with van der Waals surface area (Å²) in [6.07, 6.45) is 7.83. The van der Waals surface area contributed by atoms with Gasteiger partial charge in [0.25, 0.3) is 0 Å². The first kappa shape index (κ1) is 20.5. The van der Waals surface area contributed by atoms with Crippen LogP contribution in [-0.2, 0) is 0 Å². The van der Waals surface area contributed by atoms with Gasteiger partial charge in [0.2, 0.25) is 0 Å². The van der Waals surface area contributed by atoms with Gasteiger partial charge in [0.05, 0.1) is 6.61 Å². The van der Waals surface area contributed by atoms with Crippen molar-refractivity contribution in [2.45, 2.75) is 50.5 Å². The molecule has 0 aromatic heterocycles. The Labute approximate surface area is 189 Å². The normalized spacial score (nSPS) is 24.4. The first-order chi connectivity index (χ1) is 14.8. The van der Waals surface area contributed by atoms with E-state index < -0.39 is 0 Å². The Morgan fingerprint density at radius 1 is 0.900 bits per heavy atom. The third-order valence-corrected chi connectivity index (χ3v) is 7.71. The molecule has 30 heavy (non-hydrogen) atoms. The predicted octanol–water partition coefficient (Wildman–Crippen LogP) is 5.99. The van der Waals surface area contributed by atoms with Crippen LogP contribution < -0.4 is 4.74 Å². The van der Waals surface area contributed by atoms with Crippen LogP contribution >= 0.6 is 15.9 Å². The lowest BCUT2D eigenvalue weighted by atomic mass is 9.81. The molecule has 0 spiro atoms. The van der Waals surface area contributed by atoms with E-state index in [1.165, 1.54) is 75.0 Å². The van der Waals surface area contributed by atoms with Gasteiger partial charge in [-0.25, -0.2) is 0 Å². The van der Waals surface area contributed by atoms with Crippen LogP contribution in [0.15, 0.2) is 46.9 Å². The van der Waals surface area contributed by atoms with Crippen molar-refractivity contribution in [1.82, 2.24) is 9.80 Å². The number of hydrogen-bond donors (Lipinski definition) is 0. The zero-order valence-electron chi connectivity index (χ0n) is 17.9. The summed E-state index contributed by atoms with van der Waals surface area (Å²) < 4.78 is 7.36. The Morgan fingerprint density at radius 3 is 2.57 bits per heavy atom. The van der Waals surface area contributed by atoms with Gasteiger partial charge in [0, 0.05) is 29.5 Å². The molecule has 3 heterocycles. The van der Waals surface area contributed by atoms with Gasteiger partial charge in [0.1, 0.15) is 5.75 Å². The third-order valence-electron chi connectivity index (χ3n) is 7.18. The van der Waals surface area contributed by atoms with Crippen LogP contribution in [0.5, 0.6) is 5.75 Å². The Balaban J connectivity index is 1.29. The number of benzene rings is 2. The topological polar surface area (TPSA) is 15.7 Å². The van der Waals surface area contributed by atoms with E-state index in [-0.39, 0.29) is 0 Å². The highest BCUT2D eigenvalue weighted by Crippen LogP contribution is 2.45. The molecule has 0 saturated carbocycles. The number of nitrogens with zero attached hydrogens (tertiary/aromatic N) is 2. The van der Waals surface area contributed by atoms with Crippen LogP contribution in [0.4, 0.5) is 0 Å². The van der Waals surface area contributed by atoms with Gasteiger partial charge in [0.15, 0.2) is 0 Å². The highest BCUT2D eigenvalue weighted by Gasteiger charge is 2.36. The van der Waals surface area contributed by atoms with Crippen molar-refractivity contribution in [2.24, 2.45) is 0 Å². The average Bonchev–Trinajstić information content (AvgIpc) is 3.26. The number of hydrogen-bond acceptors (Lipinski definition) is 3. The monoisotopic (exact) mass is 468 g/mol. The molecular weight excluding hydrogens is 436 g/mol. The van der Waals surface area contributed by atoms with E-state index in [4.69, 9.17) is 4.74 Å². The van der Waals surface area contributed by atoms with E-state index in [0.717, 1.165) is 29.8 Å². The highest BCUT2D eigenvalue weighted by atomic mass is 79.9. The molecule has 4 heteroatoms. The molecule has 2 saturated heterocycles. The molecule has 0 unspecified atom stereocenters. The Hall–Kier alpha value is -1.36. The summed E-state index contributed by atoms with van der Waals surface area (Å²) in [7, 11) is 0. The Bertz CT molecular complexity index is 847. The van der Waals surface area contributed by atoms with Gasteiger partial charge in [-0.2, -0.15) is 0 Å². The molecule has 0 N–H and O–H groups in total. The summed E-state index contributed by atoms with van der Waals surface area (Å²) in [5.41, 5.74) is 4.42. The third kappa shape index (κ3) is 4.46. The maximum absolute atomic E-state index is 6.22. The summed E-state index contributed by atoms with van der Waals surface area (Å²) >= 11 is 3.58. The van der Waals surface area contributed by atoms with Crippen LogP contribution in [0.3, 0.4) is 0 Å². The molecule has 0 aliphatic carbocycles. The van der Waals surface area contributed by atoms with Crippen molar-refractivity contribution in [3.63, 3.8) is 0 Å². The molecule has 0 radical (unpaired) electrons. The zero-order valence-corrected chi connectivity index (χ0v) is 19.4. The van der Waals surface area contributed by atoms with Crippen molar-refractivity contribution in [2.75, 3.05) is 39.3 Å². The molecule has 2 aromatic rings. The van der Waals surface area contributed by atoms with Crippen molar-refractivity contribution in [1.29, 1.82) is 0 Å². The van der Waals surface area contributed by atoms with E-state index in [1.807, 2.05) is 0 Å². The van der Waals surface area contributed by atoms with E-state index in [1.54, 1.807) is 0 Å². The maximum Gasteiger partial charge on any atom is 0.119 e. The van der Waals surface area contributed by atoms with Crippen molar-refractivity contribution in [3.05, 3.63) is 63.6 Å². The number of ether oxygens (including phenoxy) is 1. The molecule has 160 valence electrons. The molecule has 2 atom stereocenters. The Kier molecular flexibility index (Phi) is 6.45. The second kappa shape index (κ2) is 9.42. The molecule has 3 aliphatic heterocycles. The lowest BCUT2D eigenvalue weighted by Crippen LogP contribution is -2.34. The number of fused-ring (bicyclic) bond motifs is 3. The molecule has 0 bridgehead atoms. The summed E-state index contributed by atoms with van der Waals surface area (Å²) in [5.74, 6) is 1.51. The van der Waals surface area contributed by atoms with E-state index in [2.05, 4.69) is 68.2 Å². The minimum absolute atomic E-state index is 0.454. The van der Waals surface area contributed by atoms with Crippen molar-refractivity contribution >= 4 is 15.9 Å². The lowest BCUT2D eigenvalue weighted by Gasteiger charge is -2.37. The van der Waals surface area contributed by atoms with Crippen LogP contribution in [0, 0.1) is 0 Å². The van der Waals surface area contributed by atoms with Gasteiger partial charge in [-0.1, -0.05) is 40.5 Å². The lowest BCUT2D eigenvalue weighted by molar-refractivity contribution is 0.204. The fourth-order valence-electron chi connectivity index (χ4n) is 5.62. The fourth-order valence-corrected chi connectivity index (χ4v) is 5.88. The first-order valence-corrected chi connectivity index (χ1v) is 12.6. The number of rotatable bonds is 6. The van der Waals surface area contributed by atoms with Gasteiger partial charge in [-0.05, 0) is 92.7 Å². The minimum atomic E-state index is 0.454. The summed E-state index contributed by atoms with van der Waals surface area (Å²) in [4.78, 5) is 5.29. The van der Waals surface area contributed by atoms with Crippen LogP contribution in [0.1, 0.15) is 67.2 Å². The fraction of sp³-hybridized carbons (Fsp3) is 0.538. The molecule has 2 fully saturated rings. The minimum Gasteiger partial charge on any atom is -0.494 e. The summed E-state index contributed by atoms with van der Waals surface area (Å²) in [6, 6.07) is 16.4. The SMILES string of the molecule is Brc1ccc([C@H]2CN3CCC[C@@H]3c3cc(OCCCN4CCCCC4)ccc32)cc1. The summed E-state index contributed by atoms with van der Waals surface area (Å²) in [5, 5.41) is 0. The highest BCUT2D eigenvalue weighted by molar-refractivity contribution is 9.10. The zero-order chi connectivity index (χ0) is 20.3. The predicted molar refractivity (Wildman–Crippen MR) is 126 cm³/mol. The molecular formula is C26H33BrN2O. The quantitative estimate of drug-likeness (QED) is 0.484. The molecule has 2 aromatic carbocycles. The van der Waals surface area contributed by atoms with E-state index in [9.17, 15) is 0 Å². The van der Waals surface area contributed by atoms with Gasteiger partial charge in [-0.15, -0.1) is 0 Å². The van der Waals surface area contributed by atoms with E-state index >= 15 is 0 Å². The summed E-state index contributed by atoms with van der Waals surface area (Å²) in [6.45, 7) is 6.89. The van der Waals surface area contributed by atoms with E-state index in [0.29, 0.717) is 12.0 Å². The number of halogens is 1. The van der Waals surface area contributed by atoms with Gasteiger partial charge < -0.3 is 9.64 Å². The standard InChI is InChI=1S/C26H33BrN2O/c27-21-9-7-20(8-10-21)25-19-29-16-4-6-26(29)24-18-22(11-12-23(24)25)30-17-5-15-28-13-2-1-3-14-28/h7-12,18,25-26H,1-6,13-17,19H2/t25-,26-/m1/s1. The molecule has 5 rings (SSSR count). The second-order valence-corrected chi connectivity index (χ2v) is 10.1. The first-order valence-electron chi connectivity index (χ1n) is 11.8. The van der Waals surface area contributed by atoms with Gasteiger partial charge in [-0.3, -0.25) is 4.90 Å². The van der Waals surface area contributed by atoms with Crippen LogP contribution in [-0.4, -0.2) is 49.1 Å². The average molecular weight is 469 g/mol. The smallest absolute Gasteiger partial charge is 0.119 e. The van der Waals surface area contributed by atoms with Gasteiger partial charge >= 0.3 is 0 Å². The maximum atomic E-state index is 6.22.